The average molecular weight is 306 g/mol. The van der Waals surface area contributed by atoms with Crippen LogP contribution >= 0.6 is 0 Å². The van der Waals surface area contributed by atoms with Gasteiger partial charge in [-0.25, -0.2) is 0 Å². The molecule has 1 N–H and O–H groups in total. The minimum Gasteiger partial charge on any atom is -0.322 e. The van der Waals surface area contributed by atoms with Crippen molar-refractivity contribution in [1.29, 1.82) is 0 Å². The van der Waals surface area contributed by atoms with Crippen molar-refractivity contribution in [3.05, 3.63) is 54.1 Å². The van der Waals surface area contributed by atoms with Crippen molar-refractivity contribution >= 4 is 22.4 Å². The average Bonchev–Trinajstić information content (AvgIpc) is 2.58. The predicted molar refractivity (Wildman–Crippen MR) is 94.4 cm³/mol. The van der Waals surface area contributed by atoms with E-state index in [1.54, 1.807) is 0 Å². The van der Waals surface area contributed by atoms with E-state index < -0.39 is 0 Å². The number of carbonyl (C=O) groups excluding carboxylic acids is 1. The molecule has 2 aliphatic rings. The van der Waals surface area contributed by atoms with Gasteiger partial charge >= 0.3 is 0 Å². The van der Waals surface area contributed by atoms with E-state index in [-0.39, 0.29) is 5.91 Å². The SMILES string of the molecule is O=C(C=C1CCN2CCCC1C2)Nc1cccc2ccccc12. The van der Waals surface area contributed by atoms with Crippen LogP contribution in [-0.2, 0) is 4.79 Å². The van der Waals surface area contributed by atoms with Gasteiger partial charge in [-0.05, 0) is 43.2 Å². The van der Waals surface area contributed by atoms with E-state index in [0.29, 0.717) is 5.92 Å². The number of nitrogens with zero attached hydrogens (tertiary/aromatic N) is 1. The summed E-state index contributed by atoms with van der Waals surface area (Å²) in [6, 6.07) is 14.2. The third-order valence-corrected chi connectivity index (χ3v) is 5.11. The maximum atomic E-state index is 12.5. The number of fused-ring (bicyclic) bond motifs is 3. The van der Waals surface area contributed by atoms with Crippen LogP contribution in [0.15, 0.2) is 54.1 Å². The second-order valence-corrected chi connectivity index (χ2v) is 6.62. The number of amides is 1. The maximum absolute atomic E-state index is 12.5. The molecule has 2 aliphatic heterocycles. The molecular formula is C20H22N2O. The molecular weight excluding hydrogens is 284 g/mol. The Morgan fingerprint density at radius 1 is 1.13 bits per heavy atom. The van der Waals surface area contributed by atoms with Gasteiger partial charge < -0.3 is 10.2 Å². The van der Waals surface area contributed by atoms with Crippen molar-refractivity contribution in [2.45, 2.75) is 19.3 Å². The summed E-state index contributed by atoms with van der Waals surface area (Å²) in [5, 5.41) is 5.32. The van der Waals surface area contributed by atoms with Gasteiger partial charge in [-0.1, -0.05) is 42.0 Å². The van der Waals surface area contributed by atoms with Crippen molar-refractivity contribution < 1.29 is 4.79 Å². The first-order chi connectivity index (χ1) is 11.3. The van der Waals surface area contributed by atoms with Gasteiger partial charge in [0.15, 0.2) is 0 Å². The number of nitrogens with one attached hydrogen (secondary N) is 1. The van der Waals surface area contributed by atoms with Crippen LogP contribution < -0.4 is 5.32 Å². The van der Waals surface area contributed by atoms with E-state index in [2.05, 4.69) is 28.4 Å². The van der Waals surface area contributed by atoms with Gasteiger partial charge in [0.1, 0.15) is 0 Å². The molecule has 2 bridgehead atoms. The fraction of sp³-hybridized carbons (Fsp3) is 0.350. The topological polar surface area (TPSA) is 32.3 Å². The smallest absolute Gasteiger partial charge is 0.248 e. The van der Waals surface area contributed by atoms with Crippen LogP contribution in [0.1, 0.15) is 19.3 Å². The van der Waals surface area contributed by atoms with Crippen LogP contribution in [0.3, 0.4) is 0 Å². The summed E-state index contributed by atoms with van der Waals surface area (Å²) in [5.74, 6) is 0.589. The molecule has 0 saturated carbocycles. The lowest BCUT2D eigenvalue weighted by atomic mass is 9.84. The van der Waals surface area contributed by atoms with Gasteiger partial charge in [0, 0.05) is 30.2 Å². The number of anilines is 1. The summed E-state index contributed by atoms with van der Waals surface area (Å²) in [6.07, 6.45) is 5.37. The largest absolute Gasteiger partial charge is 0.322 e. The molecule has 2 unspecified atom stereocenters. The fourth-order valence-corrected chi connectivity index (χ4v) is 3.91. The predicted octanol–water partition coefficient (Wildman–Crippen LogP) is 3.82. The van der Waals surface area contributed by atoms with Gasteiger partial charge in [-0.2, -0.15) is 0 Å². The molecule has 0 radical (unpaired) electrons. The highest BCUT2D eigenvalue weighted by Gasteiger charge is 2.27. The normalized spacial score (nSPS) is 25.5. The quantitative estimate of drug-likeness (QED) is 0.856. The zero-order valence-corrected chi connectivity index (χ0v) is 13.3. The number of carbonyl (C=O) groups is 1. The first-order valence-electron chi connectivity index (χ1n) is 8.51. The molecule has 2 fully saturated rings. The van der Waals surface area contributed by atoms with Crippen LogP contribution in [0.25, 0.3) is 10.8 Å². The van der Waals surface area contributed by atoms with Crippen LogP contribution in [0.2, 0.25) is 0 Å². The van der Waals surface area contributed by atoms with Gasteiger partial charge in [0.05, 0.1) is 0 Å². The number of hydrogen-bond donors (Lipinski definition) is 1. The highest BCUT2D eigenvalue weighted by Crippen LogP contribution is 2.31. The molecule has 3 heteroatoms. The molecule has 3 nitrogen and oxygen atoms in total. The summed E-state index contributed by atoms with van der Waals surface area (Å²) < 4.78 is 0. The zero-order valence-electron chi connectivity index (χ0n) is 13.3. The van der Waals surface area contributed by atoms with Gasteiger partial charge in [0.25, 0.3) is 0 Å². The minimum absolute atomic E-state index is 0.00961. The second kappa shape index (κ2) is 6.17. The summed E-state index contributed by atoms with van der Waals surface area (Å²) in [4.78, 5) is 15.0. The number of piperidine rings is 2. The van der Waals surface area contributed by atoms with Crippen LogP contribution in [-0.4, -0.2) is 30.4 Å². The van der Waals surface area contributed by atoms with E-state index >= 15 is 0 Å². The molecule has 1 amide bonds. The van der Waals surface area contributed by atoms with Crippen molar-refractivity contribution in [3.63, 3.8) is 0 Å². The molecule has 4 rings (SSSR count). The highest BCUT2D eigenvalue weighted by molar-refractivity contribution is 6.06. The Bertz CT molecular complexity index is 760. The highest BCUT2D eigenvalue weighted by atomic mass is 16.1. The molecule has 0 aliphatic carbocycles. The molecule has 0 aromatic heterocycles. The van der Waals surface area contributed by atoms with E-state index in [4.69, 9.17) is 0 Å². The van der Waals surface area contributed by atoms with Crippen molar-refractivity contribution in [2.24, 2.45) is 5.92 Å². The Labute approximate surface area is 137 Å². The Balaban J connectivity index is 1.54. The molecule has 0 spiro atoms. The number of rotatable bonds is 2. The zero-order chi connectivity index (χ0) is 15.6. The Hall–Kier alpha value is -2.13. The van der Waals surface area contributed by atoms with E-state index in [0.717, 1.165) is 36.0 Å². The summed E-state index contributed by atoms with van der Waals surface area (Å²) in [5.41, 5.74) is 2.23. The van der Waals surface area contributed by atoms with Crippen LogP contribution in [0.4, 0.5) is 5.69 Å². The Morgan fingerprint density at radius 2 is 2.00 bits per heavy atom. The molecule has 2 aromatic carbocycles. The molecule has 2 aromatic rings. The second-order valence-electron chi connectivity index (χ2n) is 6.62. The Kier molecular flexibility index (Phi) is 3.88. The third kappa shape index (κ3) is 3.02. The van der Waals surface area contributed by atoms with E-state index in [1.165, 1.54) is 25.0 Å². The number of benzene rings is 2. The van der Waals surface area contributed by atoms with Gasteiger partial charge in [0.2, 0.25) is 5.91 Å². The summed E-state index contributed by atoms with van der Waals surface area (Å²) in [6.45, 7) is 3.46. The van der Waals surface area contributed by atoms with Gasteiger partial charge in [-0.3, -0.25) is 4.79 Å². The van der Waals surface area contributed by atoms with Crippen molar-refractivity contribution in [1.82, 2.24) is 4.90 Å². The lowest BCUT2D eigenvalue weighted by Crippen LogP contribution is -2.41. The summed E-state index contributed by atoms with van der Waals surface area (Å²) >= 11 is 0. The lowest BCUT2D eigenvalue weighted by Gasteiger charge is -2.39. The van der Waals surface area contributed by atoms with Gasteiger partial charge in [-0.15, -0.1) is 0 Å². The molecule has 23 heavy (non-hydrogen) atoms. The van der Waals surface area contributed by atoms with E-state index in [9.17, 15) is 4.79 Å². The molecule has 2 saturated heterocycles. The monoisotopic (exact) mass is 306 g/mol. The lowest BCUT2D eigenvalue weighted by molar-refractivity contribution is -0.112. The standard InChI is InChI=1S/C20H22N2O/c23-20(13-16-10-12-22-11-4-7-17(16)14-22)21-19-9-3-6-15-5-1-2-8-18(15)19/h1-3,5-6,8-9,13,17H,4,7,10-12,14H2,(H,21,23). The number of hydrogen-bond acceptors (Lipinski definition) is 2. The first kappa shape index (κ1) is 14.5. The van der Waals surface area contributed by atoms with Crippen LogP contribution in [0, 0.1) is 5.92 Å². The summed E-state index contributed by atoms with van der Waals surface area (Å²) in [7, 11) is 0. The molecule has 2 heterocycles. The van der Waals surface area contributed by atoms with E-state index in [1.807, 2.05) is 30.3 Å². The fourth-order valence-electron chi connectivity index (χ4n) is 3.91. The third-order valence-electron chi connectivity index (χ3n) is 5.11. The maximum Gasteiger partial charge on any atom is 0.248 e. The van der Waals surface area contributed by atoms with Crippen LogP contribution in [0.5, 0.6) is 0 Å². The first-order valence-corrected chi connectivity index (χ1v) is 8.51. The molecule has 118 valence electrons. The van der Waals surface area contributed by atoms with Crippen molar-refractivity contribution in [3.8, 4) is 0 Å². The minimum atomic E-state index is 0.00961. The van der Waals surface area contributed by atoms with Crippen molar-refractivity contribution in [2.75, 3.05) is 25.0 Å². The molecule has 2 atom stereocenters. The Morgan fingerprint density at radius 3 is 2.96 bits per heavy atom.